The van der Waals surface area contributed by atoms with Crippen molar-refractivity contribution in [2.45, 2.75) is 12.3 Å². The third-order valence-corrected chi connectivity index (χ3v) is 6.38. The minimum Gasteiger partial charge on any atom is -0.497 e. The lowest BCUT2D eigenvalue weighted by Crippen LogP contribution is -2.24. The van der Waals surface area contributed by atoms with Gasteiger partial charge in [0.1, 0.15) is 11.6 Å². The number of carbonyl (C=O) groups excluding carboxylic acids is 1. The summed E-state index contributed by atoms with van der Waals surface area (Å²) in [6.07, 6.45) is 2.14. The van der Waals surface area contributed by atoms with Crippen molar-refractivity contribution in [3.05, 3.63) is 53.7 Å². The molecule has 0 fully saturated rings. The molecule has 0 saturated heterocycles. The molecule has 2 aromatic heterocycles. The molecule has 0 aliphatic carbocycles. The zero-order valence-corrected chi connectivity index (χ0v) is 16.7. The van der Waals surface area contributed by atoms with E-state index in [0.717, 1.165) is 32.8 Å². The normalized spacial score (nSPS) is 17.1. The number of carbonyl (C=O) groups is 1. The van der Waals surface area contributed by atoms with Gasteiger partial charge in [0, 0.05) is 17.9 Å². The number of aromatic nitrogens is 3. The standard InChI is InChI=1S/C21H16N4O4S/c1-27-12-3-4-15-18(7-12)30-21(23-15)25-20-14(9-22-25)13(8-19(26)24-20)11-2-5-16-17(6-11)29-10-28-16/h2-7,9,13H,8,10H2,1H3,(H,24,26). The second-order valence-corrected chi connectivity index (χ2v) is 8.12. The first-order valence-corrected chi connectivity index (χ1v) is 10.2. The third kappa shape index (κ3) is 2.62. The largest absolute Gasteiger partial charge is 0.497 e. The molecule has 150 valence electrons. The van der Waals surface area contributed by atoms with Gasteiger partial charge in [0.2, 0.25) is 17.8 Å². The van der Waals surface area contributed by atoms with Gasteiger partial charge in [0.05, 0.1) is 23.5 Å². The molecule has 6 rings (SSSR count). The van der Waals surface area contributed by atoms with Crippen molar-refractivity contribution in [3.8, 4) is 22.4 Å². The molecule has 0 saturated carbocycles. The van der Waals surface area contributed by atoms with Crippen LogP contribution in [0.1, 0.15) is 23.5 Å². The second-order valence-electron chi connectivity index (χ2n) is 7.11. The summed E-state index contributed by atoms with van der Waals surface area (Å²) in [5.41, 5.74) is 2.80. The molecule has 2 aliphatic rings. The number of hydrogen-bond acceptors (Lipinski definition) is 7. The van der Waals surface area contributed by atoms with Crippen LogP contribution in [0.15, 0.2) is 42.6 Å². The van der Waals surface area contributed by atoms with E-state index in [-0.39, 0.29) is 18.6 Å². The Kier molecular flexibility index (Phi) is 3.72. The van der Waals surface area contributed by atoms with Crippen LogP contribution in [0.25, 0.3) is 15.3 Å². The molecular formula is C21H16N4O4S. The fourth-order valence-electron chi connectivity index (χ4n) is 3.90. The topological polar surface area (TPSA) is 87.5 Å². The van der Waals surface area contributed by atoms with Gasteiger partial charge in [0.15, 0.2) is 11.5 Å². The fourth-order valence-corrected chi connectivity index (χ4v) is 4.86. The maximum Gasteiger partial charge on any atom is 0.231 e. The summed E-state index contributed by atoms with van der Waals surface area (Å²) in [5.74, 6) is 2.67. The number of fused-ring (bicyclic) bond motifs is 3. The van der Waals surface area contributed by atoms with E-state index < -0.39 is 0 Å². The number of nitrogens with one attached hydrogen (secondary N) is 1. The quantitative estimate of drug-likeness (QED) is 0.544. The van der Waals surface area contributed by atoms with Gasteiger partial charge in [-0.2, -0.15) is 9.78 Å². The lowest BCUT2D eigenvalue weighted by atomic mass is 9.87. The Morgan fingerprint density at radius 2 is 2.10 bits per heavy atom. The van der Waals surface area contributed by atoms with Gasteiger partial charge in [0.25, 0.3) is 0 Å². The number of anilines is 1. The Balaban J connectivity index is 1.44. The second kappa shape index (κ2) is 6.46. The van der Waals surface area contributed by atoms with E-state index in [4.69, 9.17) is 14.2 Å². The maximum absolute atomic E-state index is 12.5. The number of rotatable bonds is 3. The molecule has 2 aliphatic heterocycles. The van der Waals surface area contributed by atoms with Crippen molar-refractivity contribution >= 4 is 33.3 Å². The highest BCUT2D eigenvalue weighted by molar-refractivity contribution is 7.20. The molecule has 30 heavy (non-hydrogen) atoms. The van der Waals surface area contributed by atoms with Gasteiger partial charge in [-0.3, -0.25) is 4.79 Å². The predicted octanol–water partition coefficient (Wildman–Crippen LogP) is 3.69. The average Bonchev–Trinajstić information content (AvgIpc) is 3.48. The average molecular weight is 420 g/mol. The van der Waals surface area contributed by atoms with Crippen molar-refractivity contribution in [2.24, 2.45) is 0 Å². The molecule has 0 spiro atoms. The first-order chi connectivity index (χ1) is 14.7. The summed E-state index contributed by atoms with van der Waals surface area (Å²) in [5, 5.41) is 8.21. The van der Waals surface area contributed by atoms with Crippen LogP contribution in [0.4, 0.5) is 5.82 Å². The van der Waals surface area contributed by atoms with E-state index >= 15 is 0 Å². The van der Waals surface area contributed by atoms with E-state index in [1.165, 1.54) is 11.3 Å². The van der Waals surface area contributed by atoms with Gasteiger partial charge in [-0.25, -0.2) is 4.98 Å². The SMILES string of the molecule is COc1ccc2nc(-n3ncc4c3NC(=O)CC4c3ccc4c(c3)OCO4)sc2c1. The predicted molar refractivity (Wildman–Crippen MR) is 111 cm³/mol. The van der Waals surface area contributed by atoms with E-state index in [1.54, 1.807) is 18.0 Å². The molecule has 4 heterocycles. The lowest BCUT2D eigenvalue weighted by Gasteiger charge is -2.23. The van der Waals surface area contributed by atoms with Gasteiger partial charge < -0.3 is 19.5 Å². The highest BCUT2D eigenvalue weighted by Gasteiger charge is 2.32. The van der Waals surface area contributed by atoms with E-state index in [9.17, 15) is 4.79 Å². The Bertz CT molecular complexity index is 1310. The van der Waals surface area contributed by atoms with Crippen LogP contribution in [-0.2, 0) is 4.79 Å². The van der Waals surface area contributed by atoms with E-state index in [1.807, 2.05) is 36.4 Å². The smallest absolute Gasteiger partial charge is 0.231 e. The molecule has 1 amide bonds. The summed E-state index contributed by atoms with van der Waals surface area (Å²) in [7, 11) is 1.64. The molecule has 1 atom stereocenters. The zero-order chi connectivity index (χ0) is 20.2. The molecule has 8 nitrogen and oxygen atoms in total. The number of methoxy groups -OCH3 is 1. The number of thiazole rings is 1. The summed E-state index contributed by atoms with van der Waals surface area (Å²) < 4.78 is 18.9. The van der Waals surface area contributed by atoms with Gasteiger partial charge in [-0.1, -0.05) is 17.4 Å². The Morgan fingerprint density at radius 3 is 3.00 bits per heavy atom. The van der Waals surface area contributed by atoms with Crippen LogP contribution in [0, 0.1) is 0 Å². The molecular weight excluding hydrogens is 404 g/mol. The van der Waals surface area contributed by atoms with Crippen molar-refractivity contribution in [3.63, 3.8) is 0 Å². The maximum atomic E-state index is 12.5. The van der Waals surface area contributed by atoms with Crippen LogP contribution in [0.5, 0.6) is 17.2 Å². The summed E-state index contributed by atoms with van der Waals surface area (Å²) in [4.78, 5) is 17.2. The van der Waals surface area contributed by atoms with Crippen molar-refractivity contribution in [1.29, 1.82) is 0 Å². The van der Waals surface area contributed by atoms with Crippen LogP contribution in [0.3, 0.4) is 0 Å². The number of hydrogen-bond donors (Lipinski definition) is 1. The number of amides is 1. The fraction of sp³-hybridized carbons (Fsp3) is 0.190. The van der Waals surface area contributed by atoms with Gasteiger partial charge >= 0.3 is 0 Å². The molecule has 9 heteroatoms. The minimum atomic E-state index is -0.119. The van der Waals surface area contributed by atoms with Gasteiger partial charge in [-0.05, 0) is 35.9 Å². The van der Waals surface area contributed by atoms with Gasteiger partial charge in [-0.15, -0.1) is 0 Å². The highest BCUT2D eigenvalue weighted by atomic mass is 32.1. The summed E-state index contributed by atoms with van der Waals surface area (Å²) in [6, 6.07) is 11.5. The first kappa shape index (κ1) is 17.3. The Morgan fingerprint density at radius 1 is 1.20 bits per heavy atom. The molecule has 4 aromatic rings. The van der Waals surface area contributed by atoms with E-state index in [2.05, 4.69) is 15.4 Å². The number of ether oxygens (including phenoxy) is 3. The Labute approximate surface area is 175 Å². The van der Waals surface area contributed by atoms with E-state index in [0.29, 0.717) is 23.1 Å². The minimum absolute atomic E-state index is 0.0605. The van der Waals surface area contributed by atoms with Crippen molar-refractivity contribution < 1.29 is 19.0 Å². The van der Waals surface area contributed by atoms with Crippen LogP contribution >= 0.6 is 11.3 Å². The van der Waals surface area contributed by atoms with Crippen LogP contribution < -0.4 is 19.5 Å². The summed E-state index contributed by atoms with van der Waals surface area (Å²) in [6.45, 7) is 0.218. The third-order valence-electron chi connectivity index (χ3n) is 5.38. The molecule has 1 unspecified atom stereocenters. The van der Waals surface area contributed by atoms with Crippen LogP contribution in [-0.4, -0.2) is 34.6 Å². The Hall–Kier alpha value is -3.59. The monoisotopic (exact) mass is 420 g/mol. The molecule has 0 radical (unpaired) electrons. The lowest BCUT2D eigenvalue weighted by molar-refractivity contribution is -0.116. The number of nitrogens with zero attached hydrogens (tertiary/aromatic N) is 3. The molecule has 2 aromatic carbocycles. The van der Waals surface area contributed by atoms with Crippen molar-refractivity contribution in [1.82, 2.24) is 14.8 Å². The highest BCUT2D eigenvalue weighted by Crippen LogP contribution is 2.42. The molecule has 0 bridgehead atoms. The zero-order valence-electron chi connectivity index (χ0n) is 15.9. The first-order valence-electron chi connectivity index (χ1n) is 9.42. The molecule has 1 N–H and O–H groups in total. The number of benzene rings is 2. The van der Waals surface area contributed by atoms with Crippen molar-refractivity contribution in [2.75, 3.05) is 19.2 Å². The summed E-state index contributed by atoms with van der Waals surface area (Å²) >= 11 is 1.49. The van der Waals surface area contributed by atoms with Crippen LogP contribution in [0.2, 0.25) is 0 Å².